The van der Waals surface area contributed by atoms with E-state index in [1.165, 1.54) is 0 Å². The minimum Gasteiger partial charge on any atom is -0.479 e. The van der Waals surface area contributed by atoms with Crippen molar-refractivity contribution in [3.8, 4) is 5.75 Å². The predicted molar refractivity (Wildman–Crippen MR) is 108 cm³/mol. The molecule has 2 amide bonds. The molecule has 3 rings (SSSR count). The van der Waals surface area contributed by atoms with E-state index in [-0.39, 0.29) is 24.8 Å². The molecular weight excluding hydrogens is 366 g/mol. The number of rotatable bonds is 5. The summed E-state index contributed by atoms with van der Waals surface area (Å²) in [4.78, 5) is 28.4. The van der Waals surface area contributed by atoms with Crippen molar-refractivity contribution in [2.75, 3.05) is 35.8 Å². The van der Waals surface area contributed by atoms with E-state index < -0.39 is 6.10 Å². The van der Waals surface area contributed by atoms with Gasteiger partial charge in [0, 0.05) is 27.1 Å². The number of carbonyl (C=O) groups is 2. The summed E-state index contributed by atoms with van der Waals surface area (Å²) in [6.45, 7) is 1.98. The molecule has 0 saturated carbocycles. The summed E-state index contributed by atoms with van der Waals surface area (Å²) < 4.78 is 5.62. The van der Waals surface area contributed by atoms with Crippen LogP contribution in [0, 0.1) is 0 Å². The molecule has 0 aliphatic carbocycles. The molecule has 1 unspecified atom stereocenters. The van der Waals surface area contributed by atoms with Crippen molar-refractivity contribution in [2.24, 2.45) is 0 Å². The van der Waals surface area contributed by atoms with Crippen molar-refractivity contribution in [2.45, 2.75) is 19.4 Å². The fraction of sp³-hybridized carbons (Fsp3) is 0.300. The van der Waals surface area contributed by atoms with Crippen LogP contribution in [0.5, 0.6) is 5.75 Å². The van der Waals surface area contributed by atoms with E-state index in [9.17, 15) is 9.59 Å². The lowest BCUT2D eigenvalue weighted by molar-refractivity contribution is -0.125. The number of nitrogens with one attached hydrogen (secondary N) is 1. The third kappa shape index (κ3) is 4.01. The van der Waals surface area contributed by atoms with Gasteiger partial charge < -0.3 is 19.9 Å². The van der Waals surface area contributed by atoms with Crippen molar-refractivity contribution in [1.29, 1.82) is 0 Å². The van der Waals surface area contributed by atoms with Crippen LogP contribution >= 0.6 is 11.6 Å². The van der Waals surface area contributed by atoms with Gasteiger partial charge in [-0.15, -0.1) is 0 Å². The van der Waals surface area contributed by atoms with Gasteiger partial charge in [0.15, 0.2) is 6.10 Å². The number of hydrogen-bond donors (Lipinski definition) is 1. The van der Waals surface area contributed by atoms with E-state index in [0.29, 0.717) is 22.1 Å². The van der Waals surface area contributed by atoms with Crippen LogP contribution in [0.2, 0.25) is 5.02 Å². The Bertz CT molecular complexity index is 869. The van der Waals surface area contributed by atoms with Crippen molar-refractivity contribution < 1.29 is 14.3 Å². The first-order chi connectivity index (χ1) is 12.9. The maximum Gasteiger partial charge on any atom is 0.267 e. The lowest BCUT2D eigenvalue weighted by Gasteiger charge is -2.32. The van der Waals surface area contributed by atoms with Crippen LogP contribution in [0.4, 0.5) is 17.1 Å². The lowest BCUT2D eigenvalue weighted by Crippen LogP contribution is -2.45. The standard InChI is InChI=1S/C20H22ClN3O3/c1-13-20(26)24(16-9-4-5-10-17(16)27-13)12-11-18(25)22-15-8-6-7-14(21)19(15)23(2)3/h4-10,13H,11-12H2,1-3H3,(H,22,25). The van der Waals surface area contributed by atoms with E-state index in [2.05, 4.69) is 5.32 Å². The first kappa shape index (κ1) is 19.0. The Morgan fingerprint density at radius 2 is 1.96 bits per heavy atom. The molecule has 1 aliphatic rings. The number of anilines is 3. The van der Waals surface area contributed by atoms with Gasteiger partial charge in [-0.3, -0.25) is 9.59 Å². The highest BCUT2D eigenvalue weighted by Gasteiger charge is 2.31. The Balaban J connectivity index is 1.72. The van der Waals surface area contributed by atoms with Gasteiger partial charge in [-0.25, -0.2) is 0 Å². The number of ether oxygens (including phenoxy) is 1. The van der Waals surface area contributed by atoms with E-state index in [0.717, 1.165) is 5.69 Å². The number of hydrogen-bond acceptors (Lipinski definition) is 4. The zero-order valence-electron chi connectivity index (χ0n) is 15.5. The maximum absolute atomic E-state index is 12.5. The van der Waals surface area contributed by atoms with Gasteiger partial charge >= 0.3 is 0 Å². The smallest absolute Gasteiger partial charge is 0.267 e. The van der Waals surface area contributed by atoms with E-state index in [1.807, 2.05) is 43.3 Å². The monoisotopic (exact) mass is 387 g/mol. The van der Waals surface area contributed by atoms with E-state index in [1.54, 1.807) is 30.0 Å². The van der Waals surface area contributed by atoms with Crippen molar-refractivity contribution in [1.82, 2.24) is 0 Å². The van der Waals surface area contributed by atoms with Gasteiger partial charge in [-0.2, -0.15) is 0 Å². The van der Waals surface area contributed by atoms with Crippen LogP contribution in [0.15, 0.2) is 42.5 Å². The normalized spacial score (nSPS) is 15.8. The first-order valence-electron chi connectivity index (χ1n) is 8.71. The molecular formula is C20H22ClN3O3. The average molecular weight is 388 g/mol. The molecule has 0 aromatic heterocycles. The summed E-state index contributed by atoms with van der Waals surface area (Å²) in [6, 6.07) is 12.7. The van der Waals surface area contributed by atoms with Crippen LogP contribution in [0.25, 0.3) is 0 Å². The third-order valence-electron chi connectivity index (χ3n) is 4.34. The Morgan fingerprint density at radius 3 is 2.70 bits per heavy atom. The molecule has 0 spiro atoms. The predicted octanol–water partition coefficient (Wildman–Crippen LogP) is 3.55. The second kappa shape index (κ2) is 7.88. The number of carbonyl (C=O) groups excluding carboxylic acids is 2. The first-order valence-corrected chi connectivity index (χ1v) is 9.09. The number of nitrogens with zero attached hydrogens (tertiary/aromatic N) is 2. The Hall–Kier alpha value is -2.73. The quantitative estimate of drug-likeness (QED) is 0.852. The fourth-order valence-electron chi connectivity index (χ4n) is 3.09. The molecule has 6 nitrogen and oxygen atoms in total. The molecule has 2 aromatic rings. The van der Waals surface area contributed by atoms with Crippen LogP contribution in [0.3, 0.4) is 0 Å². The highest BCUT2D eigenvalue weighted by molar-refractivity contribution is 6.34. The minimum atomic E-state index is -0.573. The van der Waals surface area contributed by atoms with Crippen LogP contribution in [-0.2, 0) is 9.59 Å². The molecule has 1 N–H and O–H groups in total. The summed E-state index contributed by atoms with van der Waals surface area (Å²) in [5.41, 5.74) is 2.07. The molecule has 1 heterocycles. The fourth-order valence-corrected chi connectivity index (χ4v) is 3.43. The molecule has 0 bridgehead atoms. The molecule has 1 aliphatic heterocycles. The van der Waals surface area contributed by atoms with Gasteiger partial charge in [0.1, 0.15) is 5.75 Å². The van der Waals surface area contributed by atoms with Crippen molar-refractivity contribution in [3.05, 3.63) is 47.5 Å². The number of fused-ring (bicyclic) bond motifs is 1. The molecule has 1 atom stereocenters. The summed E-state index contributed by atoms with van der Waals surface area (Å²) in [5.74, 6) is 0.303. The molecule has 0 fully saturated rings. The molecule has 142 valence electrons. The summed E-state index contributed by atoms with van der Waals surface area (Å²) in [6.07, 6.45) is -0.414. The van der Waals surface area contributed by atoms with Crippen molar-refractivity contribution in [3.63, 3.8) is 0 Å². The van der Waals surface area contributed by atoms with Crippen LogP contribution in [-0.4, -0.2) is 38.6 Å². The zero-order chi connectivity index (χ0) is 19.6. The average Bonchev–Trinajstić information content (AvgIpc) is 2.62. The van der Waals surface area contributed by atoms with Gasteiger partial charge in [0.25, 0.3) is 5.91 Å². The van der Waals surface area contributed by atoms with E-state index >= 15 is 0 Å². The van der Waals surface area contributed by atoms with Crippen molar-refractivity contribution >= 4 is 40.5 Å². The maximum atomic E-state index is 12.5. The lowest BCUT2D eigenvalue weighted by atomic mass is 10.1. The van der Waals surface area contributed by atoms with Crippen LogP contribution in [0.1, 0.15) is 13.3 Å². The van der Waals surface area contributed by atoms with Crippen LogP contribution < -0.4 is 19.9 Å². The highest BCUT2D eigenvalue weighted by atomic mass is 35.5. The molecule has 2 aromatic carbocycles. The van der Waals surface area contributed by atoms with Gasteiger partial charge in [0.05, 0.1) is 22.1 Å². The largest absolute Gasteiger partial charge is 0.479 e. The number of benzene rings is 2. The second-order valence-electron chi connectivity index (χ2n) is 6.55. The molecule has 0 radical (unpaired) electrons. The van der Waals surface area contributed by atoms with Gasteiger partial charge in [-0.05, 0) is 31.2 Å². The number of amides is 2. The van der Waals surface area contributed by atoms with Gasteiger partial charge in [0.2, 0.25) is 5.91 Å². The molecule has 7 heteroatoms. The summed E-state index contributed by atoms with van der Waals surface area (Å²) in [5, 5.41) is 3.45. The topological polar surface area (TPSA) is 61.9 Å². The van der Waals surface area contributed by atoms with E-state index in [4.69, 9.17) is 16.3 Å². The number of para-hydroxylation sites is 3. The SMILES string of the molecule is CC1Oc2ccccc2N(CCC(=O)Nc2cccc(Cl)c2N(C)C)C1=O. The number of halogens is 1. The Morgan fingerprint density at radius 1 is 1.22 bits per heavy atom. The Labute approximate surface area is 163 Å². The second-order valence-corrected chi connectivity index (χ2v) is 6.95. The molecule has 0 saturated heterocycles. The zero-order valence-corrected chi connectivity index (χ0v) is 16.3. The van der Waals surface area contributed by atoms with Gasteiger partial charge in [-0.1, -0.05) is 29.8 Å². The summed E-state index contributed by atoms with van der Waals surface area (Å²) >= 11 is 6.24. The highest BCUT2D eigenvalue weighted by Crippen LogP contribution is 2.34. The summed E-state index contributed by atoms with van der Waals surface area (Å²) in [7, 11) is 3.73. The minimum absolute atomic E-state index is 0.154. The molecule has 27 heavy (non-hydrogen) atoms. The third-order valence-corrected chi connectivity index (χ3v) is 4.65. The Kier molecular flexibility index (Phi) is 5.56.